The zero-order chi connectivity index (χ0) is 14.0. The van der Waals surface area contributed by atoms with E-state index in [-0.39, 0.29) is 11.9 Å². The van der Waals surface area contributed by atoms with Crippen LogP contribution in [0, 0.1) is 9.39 Å². The summed E-state index contributed by atoms with van der Waals surface area (Å²) < 4.78 is 15.5. The fourth-order valence-electron chi connectivity index (χ4n) is 1.80. The smallest absolute Gasteiger partial charge is 0.126 e. The lowest BCUT2D eigenvalue weighted by Gasteiger charge is -2.14. The molecule has 0 aliphatic rings. The Bertz CT molecular complexity index is 606. The van der Waals surface area contributed by atoms with Crippen molar-refractivity contribution >= 4 is 50.1 Å². The molecule has 0 radical (unpaired) electrons. The maximum absolute atomic E-state index is 13.7. The second-order valence-electron chi connectivity index (χ2n) is 4.22. The molecule has 5 heteroatoms. The number of hydrogen-bond acceptors (Lipinski definition) is 1. The quantitative estimate of drug-likeness (QED) is 0.643. The van der Waals surface area contributed by atoms with Crippen molar-refractivity contribution in [2.75, 3.05) is 0 Å². The first-order valence-electron chi connectivity index (χ1n) is 5.62. The molecule has 2 rings (SSSR count). The van der Waals surface area contributed by atoms with Crippen molar-refractivity contribution in [3.8, 4) is 0 Å². The van der Waals surface area contributed by atoms with Crippen molar-refractivity contribution in [1.82, 2.24) is 0 Å². The molecule has 2 aromatic rings. The number of nitrogens with two attached hydrogens (primary N) is 1. The maximum atomic E-state index is 13.7. The van der Waals surface area contributed by atoms with Crippen LogP contribution in [0.15, 0.2) is 40.9 Å². The van der Waals surface area contributed by atoms with Crippen molar-refractivity contribution in [1.29, 1.82) is 0 Å². The van der Waals surface area contributed by atoms with E-state index < -0.39 is 0 Å². The molecule has 0 saturated carbocycles. The van der Waals surface area contributed by atoms with Gasteiger partial charge in [-0.1, -0.05) is 33.6 Å². The summed E-state index contributed by atoms with van der Waals surface area (Å²) in [5.41, 5.74) is 7.62. The molecule has 1 atom stereocenters. The zero-order valence-electron chi connectivity index (χ0n) is 9.84. The minimum absolute atomic E-state index is 0.241. The van der Waals surface area contributed by atoms with Crippen LogP contribution >= 0.6 is 50.1 Å². The van der Waals surface area contributed by atoms with Crippen LogP contribution in [0.2, 0.25) is 5.02 Å². The third kappa shape index (κ3) is 3.90. The fraction of sp³-hybridized carbons (Fsp3) is 0.143. The molecule has 100 valence electrons. The molecule has 1 nitrogen and oxygen atoms in total. The first-order chi connectivity index (χ1) is 8.97. The standard InChI is InChI=1S/C14H11BrClFIN/c15-10-2-3-12(17)9(5-10)7-14(19)8-1-4-13(18)11(16)6-8/h1-6,14H,7,19H2. The second-order valence-corrected chi connectivity index (χ2v) is 6.70. The van der Waals surface area contributed by atoms with E-state index in [1.54, 1.807) is 12.1 Å². The summed E-state index contributed by atoms with van der Waals surface area (Å²) in [6.07, 6.45) is 0.433. The Hall–Kier alpha value is -0.170. The van der Waals surface area contributed by atoms with Gasteiger partial charge in [0, 0.05) is 14.1 Å². The first kappa shape index (κ1) is 15.2. The topological polar surface area (TPSA) is 26.0 Å². The monoisotopic (exact) mass is 453 g/mol. The van der Waals surface area contributed by atoms with Crippen LogP contribution in [0.4, 0.5) is 4.39 Å². The predicted molar refractivity (Wildman–Crippen MR) is 88.9 cm³/mol. The van der Waals surface area contributed by atoms with Crippen molar-refractivity contribution < 1.29 is 4.39 Å². The first-order valence-corrected chi connectivity index (χ1v) is 7.87. The molecule has 0 aromatic heterocycles. The highest BCUT2D eigenvalue weighted by Crippen LogP contribution is 2.25. The van der Waals surface area contributed by atoms with Crippen LogP contribution in [0.25, 0.3) is 0 Å². The number of benzene rings is 2. The van der Waals surface area contributed by atoms with Crippen LogP contribution < -0.4 is 5.73 Å². The van der Waals surface area contributed by atoms with Crippen LogP contribution in [-0.4, -0.2) is 0 Å². The summed E-state index contributed by atoms with van der Waals surface area (Å²) in [6, 6.07) is 10.3. The molecule has 0 aliphatic heterocycles. The van der Waals surface area contributed by atoms with Crippen molar-refractivity contribution in [2.24, 2.45) is 5.73 Å². The van der Waals surface area contributed by atoms with E-state index in [4.69, 9.17) is 17.3 Å². The summed E-state index contributed by atoms with van der Waals surface area (Å²) in [5, 5.41) is 0.670. The van der Waals surface area contributed by atoms with Crippen LogP contribution in [0.3, 0.4) is 0 Å². The number of halogens is 4. The van der Waals surface area contributed by atoms with E-state index in [1.165, 1.54) is 6.07 Å². The Kier molecular flexibility index (Phi) is 5.22. The highest BCUT2D eigenvalue weighted by atomic mass is 127. The van der Waals surface area contributed by atoms with Gasteiger partial charge in [0.2, 0.25) is 0 Å². The van der Waals surface area contributed by atoms with Crippen molar-refractivity contribution in [3.63, 3.8) is 0 Å². The Morgan fingerprint density at radius 1 is 1.26 bits per heavy atom. The highest BCUT2D eigenvalue weighted by molar-refractivity contribution is 14.1. The molecular weight excluding hydrogens is 443 g/mol. The summed E-state index contributed by atoms with van der Waals surface area (Å²) in [4.78, 5) is 0. The lowest BCUT2D eigenvalue weighted by atomic mass is 9.99. The van der Waals surface area contributed by atoms with Gasteiger partial charge in [-0.15, -0.1) is 0 Å². The van der Waals surface area contributed by atoms with E-state index in [9.17, 15) is 4.39 Å². The minimum atomic E-state index is -0.279. The van der Waals surface area contributed by atoms with Gasteiger partial charge in [-0.3, -0.25) is 0 Å². The van der Waals surface area contributed by atoms with Gasteiger partial charge in [-0.05, 0) is 70.5 Å². The van der Waals surface area contributed by atoms with E-state index in [0.717, 1.165) is 13.6 Å². The molecule has 0 aliphatic carbocycles. The van der Waals surface area contributed by atoms with Crippen molar-refractivity contribution in [2.45, 2.75) is 12.5 Å². The van der Waals surface area contributed by atoms with Gasteiger partial charge < -0.3 is 5.73 Å². The largest absolute Gasteiger partial charge is 0.324 e. The molecule has 2 N–H and O–H groups in total. The molecular formula is C14H11BrClFIN. The van der Waals surface area contributed by atoms with Crippen molar-refractivity contribution in [3.05, 3.63) is 66.4 Å². The molecule has 0 spiro atoms. The summed E-state index contributed by atoms with van der Waals surface area (Å²) >= 11 is 11.6. The average molecular weight is 455 g/mol. The fourth-order valence-corrected chi connectivity index (χ4v) is 2.73. The summed E-state index contributed by atoms with van der Waals surface area (Å²) in [7, 11) is 0. The lowest BCUT2D eigenvalue weighted by Crippen LogP contribution is -2.14. The van der Waals surface area contributed by atoms with E-state index in [2.05, 4.69) is 38.5 Å². The van der Waals surface area contributed by atoms with Crippen LogP contribution in [0.1, 0.15) is 17.2 Å². The molecule has 0 bridgehead atoms. The van der Waals surface area contributed by atoms with Gasteiger partial charge in [0.05, 0.1) is 5.02 Å². The second kappa shape index (κ2) is 6.52. The van der Waals surface area contributed by atoms with Gasteiger partial charge in [-0.2, -0.15) is 0 Å². The van der Waals surface area contributed by atoms with Crippen LogP contribution in [0.5, 0.6) is 0 Å². The summed E-state index contributed by atoms with van der Waals surface area (Å²) in [5.74, 6) is -0.241. The van der Waals surface area contributed by atoms with Gasteiger partial charge in [0.15, 0.2) is 0 Å². The summed E-state index contributed by atoms with van der Waals surface area (Å²) in [6.45, 7) is 0. The third-order valence-electron chi connectivity index (χ3n) is 2.82. The predicted octanol–water partition coefficient (Wildman–Crippen LogP) is 5.09. The van der Waals surface area contributed by atoms with Crippen LogP contribution in [-0.2, 0) is 6.42 Å². The molecule has 19 heavy (non-hydrogen) atoms. The van der Waals surface area contributed by atoms with Gasteiger partial charge in [0.1, 0.15) is 5.82 Å². The molecule has 1 unspecified atom stereocenters. The zero-order valence-corrected chi connectivity index (χ0v) is 14.3. The van der Waals surface area contributed by atoms with Gasteiger partial charge in [-0.25, -0.2) is 4.39 Å². The van der Waals surface area contributed by atoms with E-state index >= 15 is 0 Å². The molecule has 0 saturated heterocycles. The normalized spacial score (nSPS) is 12.5. The molecule has 0 heterocycles. The van der Waals surface area contributed by atoms with Gasteiger partial charge >= 0.3 is 0 Å². The Labute approximate surface area is 138 Å². The van der Waals surface area contributed by atoms with E-state index in [0.29, 0.717) is 17.0 Å². The molecule has 0 amide bonds. The minimum Gasteiger partial charge on any atom is -0.324 e. The lowest BCUT2D eigenvalue weighted by molar-refractivity contribution is 0.593. The van der Waals surface area contributed by atoms with Gasteiger partial charge in [0.25, 0.3) is 0 Å². The Balaban J connectivity index is 2.22. The van der Waals surface area contributed by atoms with E-state index in [1.807, 2.05) is 18.2 Å². The number of rotatable bonds is 3. The molecule has 0 fully saturated rings. The number of hydrogen-bond donors (Lipinski definition) is 1. The SMILES string of the molecule is NC(Cc1cc(Br)ccc1F)c1ccc(I)c(Cl)c1. The maximum Gasteiger partial charge on any atom is 0.126 e. The molecule has 2 aromatic carbocycles. The Morgan fingerprint density at radius 3 is 2.68 bits per heavy atom. The Morgan fingerprint density at radius 2 is 2.00 bits per heavy atom. The third-order valence-corrected chi connectivity index (χ3v) is 4.88. The highest BCUT2D eigenvalue weighted by Gasteiger charge is 2.12. The average Bonchev–Trinajstić information content (AvgIpc) is 2.37.